The Morgan fingerprint density at radius 1 is 0.312 bits per heavy atom. The molecule has 0 amide bonds. The van der Waals surface area contributed by atoms with Crippen LogP contribution in [0.25, 0.3) is 90.4 Å². The van der Waals surface area contributed by atoms with E-state index in [2.05, 4.69) is 39.9 Å². The molecule has 9 rings (SSSR count). The minimum atomic E-state index is -1.25. The lowest BCUT2D eigenvalue weighted by atomic mass is 10.1. The molecule has 4 aromatic carbocycles. The van der Waals surface area contributed by atoms with Gasteiger partial charge in [0.1, 0.15) is 22.9 Å². The van der Waals surface area contributed by atoms with E-state index >= 15 is 0 Å². The summed E-state index contributed by atoms with van der Waals surface area (Å²) in [6.07, 6.45) is 0. The normalized spacial score (nSPS) is 12.2. The highest BCUT2D eigenvalue weighted by atomic mass is 19.2. The van der Waals surface area contributed by atoms with Gasteiger partial charge in [-0.15, -0.1) is 0 Å². The summed E-state index contributed by atoms with van der Waals surface area (Å²) in [7, 11) is 0. The molecular formula is C32H10F8N8. The lowest BCUT2D eigenvalue weighted by Gasteiger charge is -2.02. The Balaban J connectivity index is 1.49. The van der Waals surface area contributed by atoms with Crippen LogP contribution in [0.2, 0.25) is 0 Å². The van der Waals surface area contributed by atoms with Gasteiger partial charge in [-0.1, -0.05) is 0 Å². The average molecular weight is 658 g/mol. The van der Waals surface area contributed by atoms with E-state index in [-0.39, 0.29) is 90.4 Å². The molecule has 0 saturated carbocycles. The van der Waals surface area contributed by atoms with Gasteiger partial charge in [0, 0.05) is 44.2 Å². The van der Waals surface area contributed by atoms with Crippen LogP contribution in [0.5, 0.6) is 0 Å². The summed E-state index contributed by atoms with van der Waals surface area (Å²) in [5.74, 6) is -11.2. The molecule has 0 radical (unpaired) electrons. The maximum atomic E-state index is 14.5. The van der Waals surface area contributed by atoms with Crippen molar-refractivity contribution in [2.75, 3.05) is 0 Å². The first kappa shape index (κ1) is 27.9. The average Bonchev–Trinajstić information content (AvgIpc) is 3.74. The number of hydrogen-bond donors (Lipinski definition) is 2. The number of rotatable bonds is 0. The van der Waals surface area contributed by atoms with Crippen LogP contribution < -0.4 is 0 Å². The van der Waals surface area contributed by atoms with Crippen molar-refractivity contribution in [1.82, 2.24) is 39.9 Å². The van der Waals surface area contributed by atoms with Gasteiger partial charge < -0.3 is 9.97 Å². The maximum absolute atomic E-state index is 14.5. The van der Waals surface area contributed by atoms with Gasteiger partial charge in [-0.2, -0.15) is 0 Å². The summed E-state index contributed by atoms with van der Waals surface area (Å²) in [5, 5.41) is -0.0142. The topological polar surface area (TPSA) is 109 Å². The Labute approximate surface area is 260 Å². The number of fused-ring (bicyclic) bond motifs is 20. The summed E-state index contributed by atoms with van der Waals surface area (Å²) in [5.41, 5.74) is -0.442. The first-order valence-corrected chi connectivity index (χ1v) is 13.8. The van der Waals surface area contributed by atoms with E-state index in [4.69, 9.17) is 0 Å². The van der Waals surface area contributed by atoms with Crippen molar-refractivity contribution in [2.45, 2.75) is 0 Å². The number of nitrogens with zero attached hydrogens (tertiary/aromatic N) is 6. The van der Waals surface area contributed by atoms with Gasteiger partial charge in [0.05, 0.1) is 0 Å². The zero-order chi connectivity index (χ0) is 33.2. The molecule has 0 aliphatic carbocycles. The SMILES string of the molecule is Fc1cc2c(cc1F)-c1nc-2nc2nc([nH]c3nc(nc4[nH]c(n1)c1cc(F)c(F)cc41)-c1cc(F)c(F)cc1-3)-c1cc(F)c(F)cc1-2. The van der Waals surface area contributed by atoms with Gasteiger partial charge in [0.2, 0.25) is 0 Å². The number of nitrogens with one attached hydrogen (secondary N) is 2. The molecule has 0 unspecified atom stereocenters. The van der Waals surface area contributed by atoms with Crippen LogP contribution in [0.4, 0.5) is 35.1 Å². The lowest BCUT2D eigenvalue weighted by Crippen LogP contribution is -1.91. The Morgan fingerprint density at radius 2 is 0.604 bits per heavy atom. The molecule has 5 heterocycles. The monoisotopic (exact) mass is 658 g/mol. The fourth-order valence-electron chi connectivity index (χ4n) is 5.76. The summed E-state index contributed by atoms with van der Waals surface area (Å²) in [6, 6.07) is 6.60. The van der Waals surface area contributed by atoms with Crippen LogP contribution in [0.3, 0.4) is 0 Å². The second-order valence-electron chi connectivity index (χ2n) is 10.9. The molecule has 0 saturated heterocycles. The zero-order valence-electron chi connectivity index (χ0n) is 23.3. The maximum Gasteiger partial charge on any atom is 0.164 e. The van der Waals surface area contributed by atoms with Gasteiger partial charge in [-0.25, -0.2) is 65.0 Å². The van der Waals surface area contributed by atoms with Gasteiger partial charge >= 0.3 is 0 Å². The van der Waals surface area contributed by atoms with E-state index in [1.54, 1.807) is 0 Å². The molecule has 6 aromatic rings. The molecule has 2 N–H and O–H groups in total. The van der Waals surface area contributed by atoms with Gasteiger partial charge in [0.25, 0.3) is 0 Å². The molecule has 3 aliphatic heterocycles. The van der Waals surface area contributed by atoms with Gasteiger partial charge in [-0.3, -0.25) is 0 Å². The van der Waals surface area contributed by atoms with Crippen molar-refractivity contribution in [2.24, 2.45) is 0 Å². The first-order valence-electron chi connectivity index (χ1n) is 13.8. The van der Waals surface area contributed by atoms with Crippen LogP contribution in [0.15, 0.2) is 48.5 Å². The van der Waals surface area contributed by atoms with E-state index in [0.717, 1.165) is 48.5 Å². The summed E-state index contributed by atoms with van der Waals surface area (Å²) in [6.45, 7) is 0. The van der Waals surface area contributed by atoms with E-state index in [9.17, 15) is 35.1 Å². The number of hydrogen-bond acceptors (Lipinski definition) is 6. The molecule has 3 aliphatic rings. The molecule has 48 heavy (non-hydrogen) atoms. The van der Waals surface area contributed by atoms with E-state index in [1.807, 2.05) is 0 Å². The van der Waals surface area contributed by atoms with E-state index < -0.39 is 46.5 Å². The van der Waals surface area contributed by atoms with Crippen LogP contribution in [-0.2, 0) is 0 Å². The van der Waals surface area contributed by atoms with Crippen molar-refractivity contribution in [1.29, 1.82) is 0 Å². The molecule has 0 fully saturated rings. The minimum Gasteiger partial charge on any atom is -0.324 e. The Kier molecular flexibility index (Phi) is 5.59. The van der Waals surface area contributed by atoms with Crippen molar-refractivity contribution < 1.29 is 35.1 Å². The zero-order valence-corrected chi connectivity index (χ0v) is 23.3. The molecule has 0 atom stereocenters. The van der Waals surface area contributed by atoms with E-state index in [0.29, 0.717) is 0 Å². The number of benzene rings is 4. The van der Waals surface area contributed by atoms with Crippen LogP contribution in [0, 0.1) is 46.5 Å². The Bertz CT molecular complexity index is 2510. The molecule has 8 bridgehead atoms. The second kappa shape index (κ2) is 9.60. The lowest BCUT2D eigenvalue weighted by molar-refractivity contribution is 0.509. The second-order valence-corrected chi connectivity index (χ2v) is 10.9. The fourth-order valence-corrected chi connectivity index (χ4v) is 5.76. The van der Waals surface area contributed by atoms with Crippen LogP contribution in [0.1, 0.15) is 0 Å². The standard InChI is InChI=1S/C32H10F8N8/c33-17-1-9-10(2-18(17)34)26-41-25(9)45-27-11-3-19(35)20(36)4-12(11)29(42-27)47-31-15-7-23(39)24(40)8-16(15)32(44-31)48-30-14-6-22(38)21(37)5-13(14)28(43-30)46-26/h1-8H,(H2,41,42,43,44,45,46,47,48). The molecular weight excluding hydrogens is 648 g/mol. The predicted octanol–water partition coefficient (Wildman–Crippen LogP) is 7.89. The third-order valence-corrected chi connectivity index (χ3v) is 7.99. The smallest absolute Gasteiger partial charge is 0.164 e. The van der Waals surface area contributed by atoms with Crippen LogP contribution >= 0.6 is 0 Å². The third-order valence-electron chi connectivity index (χ3n) is 7.99. The van der Waals surface area contributed by atoms with Gasteiger partial charge in [0.15, 0.2) is 69.8 Å². The van der Waals surface area contributed by atoms with Crippen molar-refractivity contribution in [3.05, 3.63) is 95.1 Å². The summed E-state index contributed by atoms with van der Waals surface area (Å²) < 4.78 is 116. The van der Waals surface area contributed by atoms with Crippen molar-refractivity contribution in [3.8, 4) is 68.3 Å². The molecule has 0 spiro atoms. The van der Waals surface area contributed by atoms with Crippen LogP contribution in [-0.4, -0.2) is 39.9 Å². The Hall–Kier alpha value is -6.32. The quantitative estimate of drug-likeness (QED) is 0.161. The Morgan fingerprint density at radius 3 is 1.02 bits per heavy atom. The van der Waals surface area contributed by atoms with Crippen molar-refractivity contribution in [3.63, 3.8) is 0 Å². The minimum absolute atomic E-state index is 0.00222. The highest BCUT2D eigenvalue weighted by Crippen LogP contribution is 2.41. The molecule has 2 aromatic heterocycles. The molecule has 16 heteroatoms. The highest BCUT2D eigenvalue weighted by molar-refractivity contribution is 6.05. The number of halogens is 8. The van der Waals surface area contributed by atoms with Crippen molar-refractivity contribution >= 4 is 22.1 Å². The molecule has 234 valence electrons. The molecule has 8 nitrogen and oxygen atoms in total. The largest absolute Gasteiger partial charge is 0.324 e. The van der Waals surface area contributed by atoms with Gasteiger partial charge in [-0.05, 0) is 48.5 Å². The first-order chi connectivity index (χ1) is 23.0. The summed E-state index contributed by atoms with van der Waals surface area (Å²) >= 11 is 0. The van der Waals surface area contributed by atoms with E-state index in [1.165, 1.54) is 0 Å². The number of aromatic amines is 2. The summed E-state index contributed by atoms with van der Waals surface area (Å²) in [4.78, 5) is 31.9. The third kappa shape index (κ3) is 4.01. The fraction of sp³-hybridized carbons (Fsp3) is 0. The number of aromatic nitrogens is 8. The number of H-pyrrole nitrogens is 2. The predicted molar refractivity (Wildman–Crippen MR) is 154 cm³/mol. The highest BCUT2D eigenvalue weighted by Gasteiger charge is 2.28.